The Labute approximate surface area is 211 Å². The van der Waals surface area contributed by atoms with Crippen LogP contribution in [0, 0.1) is 0 Å². The first-order valence-corrected chi connectivity index (χ1v) is 25.7. The lowest BCUT2D eigenvalue weighted by atomic mass is 10.4. The van der Waals surface area contributed by atoms with E-state index in [2.05, 4.69) is 13.2 Å². The van der Waals surface area contributed by atoms with E-state index in [0.717, 1.165) is 0 Å². The molecule has 0 aliphatic heterocycles. The van der Waals surface area contributed by atoms with Gasteiger partial charge in [-0.3, -0.25) is 0 Å². The first kappa shape index (κ1) is 35.5. The number of hydrogen-bond donors (Lipinski definition) is 2. The van der Waals surface area contributed by atoms with E-state index in [1.54, 1.807) is 20.4 Å². The van der Waals surface area contributed by atoms with E-state index in [0.29, 0.717) is 5.57 Å². The van der Waals surface area contributed by atoms with Crippen molar-refractivity contribution in [2.24, 2.45) is 0 Å². The zero-order valence-electron chi connectivity index (χ0n) is 23.1. The summed E-state index contributed by atoms with van der Waals surface area (Å²) in [6, 6.07) is 0. The number of carbonyl (C=O) groups is 2. The van der Waals surface area contributed by atoms with Crippen LogP contribution in [0.2, 0.25) is 65.5 Å². The zero-order valence-corrected chi connectivity index (χ0v) is 28.1. The van der Waals surface area contributed by atoms with Gasteiger partial charge in [-0.15, -0.1) is 0 Å². The molecule has 0 aromatic heterocycles. The summed E-state index contributed by atoms with van der Waals surface area (Å²) in [4.78, 5) is 43.0. The fourth-order valence-corrected chi connectivity index (χ4v) is 17.2. The average molecular weight is 571 g/mol. The fraction of sp³-hybridized carbons (Fsp3) is 0.700. The standard InChI is InChI=1S/C11H26O5Si3.C9H20O4Si2/c1-10(2)11(12)14-9-19(13,15-17(3,4)5)16-18(6,7)8;1-8(2)9(10)12-7-15(6,11)13-14(3,4)5/h13H,1,9H2,2-8H3;11H,1,7H2,2-6H3. The van der Waals surface area contributed by atoms with Crippen LogP contribution in [0.4, 0.5) is 0 Å². The Morgan fingerprint density at radius 3 is 1.18 bits per heavy atom. The van der Waals surface area contributed by atoms with Crippen molar-refractivity contribution in [3.05, 3.63) is 24.3 Å². The lowest BCUT2D eigenvalue weighted by molar-refractivity contribution is -0.138. The molecule has 0 bridgehead atoms. The van der Waals surface area contributed by atoms with E-state index >= 15 is 0 Å². The van der Waals surface area contributed by atoms with Gasteiger partial charge in [-0.25, -0.2) is 9.59 Å². The van der Waals surface area contributed by atoms with E-state index in [4.69, 9.17) is 21.8 Å². The van der Waals surface area contributed by atoms with Crippen molar-refractivity contribution in [1.29, 1.82) is 0 Å². The summed E-state index contributed by atoms with van der Waals surface area (Å²) < 4.78 is 27.0. The lowest BCUT2D eigenvalue weighted by Gasteiger charge is -2.35. The zero-order chi connectivity index (χ0) is 27.8. The summed E-state index contributed by atoms with van der Waals surface area (Å²) in [5.41, 5.74) is 0.616. The molecule has 0 aromatic rings. The molecule has 0 rings (SSSR count). The van der Waals surface area contributed by atoms with Gasteiger partial charge in [0.25, 0.3) is 0 Å². The predicted molar refractivity (Wildman–Crippen MR) is 147 cm³/mol. The van der Waals surface area contributed by atoms with E-state index in [-0.39, 0.29) is 18.0 Å². The molecule has 0 heterocycles. The summed E-state index contributed by atoms with van der Waals surface area (Å²) in [7, 11) is -12.1. The quantitative estimate of drug-likeness (QED) is 0.205. The Morgan fingerprint density at radius 1 is 0.618 bits per heavy atom. The highest BCUT2D eigenvalue weighted by Gasteiger charge is 2.46. The van der Waals surface area contributed by atoms with Crippen molar-refractivity contribution in [1.82, 2.24) is 0 Å². The smallest absolute Gasteiger partial charge is 0.460 e. The van der Waals surface area contributed by atoms with Gasteiger partial charge < -0.3 is 31.4 Å². The maximum absolute atomic E-state index is 11.4. The highest BCUT2D eigenvalue weighted by molar-refractivity contribution is 6.85. The maximum Gasteiger partial charge on any atom is 0.517 e. The Bertz CT molecular complexity index is 703. The minimum Gasteiger partial charge on any atom is -0.460 e. The third kappa shape index (κ3) is 20.7. The molecular formula is C20H46O9Si5. The second-order valence-electron chi connectivity index (χ2n) is 11.2. The molecule has 1 unspecified atom stereocenters. The Morgan fingerprint density at radius 2 is 0.912 bits per heavy atom. The molecule has 9 nitrogen and oxygen atoms in total. The monoisotopic (exact) mass is 570 g/mol. The van der Waals surface area contributed by atoms with Crippen molar-refractivity contribution < 1.29 is 41.0 Å². The molecule has 0 aromatic carbocycles. The second kappa shape index (κ2) is 13.6. The molecule has 0 aliphatic rings. The Balaban J connectivity index is 0. The van der Waals surface area contributed by atoms with Crippen molar-refractivity contribution >= 4 is 54.3 Å². The van der Waals surface area contributed by atoms with Gasteiger partial charge in [-0.2, -0.15) is 0 Å². The largest absolute Gasteiger partial charge is 0.517 e. The third-order valence-corrected chi connectivity index (χ3v) is 15.9. The maximum atomic E-state index is 11.4. The molecule has 0 amide bonds. The van der Waals surface area contributed by atoms with Gasteiger partial charge in [0, 0.05) is 11.1 Å². The molecule has 14 heteroatoms. The minimum absolute atomic E-state index is 0.0387. The second-order valence-corrected chi connectivity index (χ2v) is 30.7. The summed E-state index contributed by atoms with van der Waals surface area (Å²) in [5, 5.41) is 0. The van der Waals surface area contributed by atoms with E-state index < -0.39 is 54.3 Å². The van der Waals surface area contributed by atoms with Crippen LogP contribution in [0.5, 0.6) is 0 Å². The SMILES string of the molecule is C=C(C)C(=O)OC[Si](C)(O)O[Si](C)(C)C.C=C(C)C(=O)OC[Si](O)(O[Si](C)(C)C)O[Si](C)(C)C. The fourth-order valence-electron chi connectivity index (χ4n) is 2.33. The van der Waals surface area contributed by atoms with Crippen LogP contribution in [-0.4, -0.2) is 76.3 Å². The van der Waals surface area contributed by atoms with Crippen LogP contribution in [-0.2, 0) is 31.4 Å². The number of rotatable bonds is 12. The molecule has 2 N–H and O–H groups in total. The van der Waals surface area contributed by atoms with Gasteiger partial charge in [0.1, 0.15) is 6.23 Å². The third-order valence-electron chi connectivity index (χ3n) is 3.01. The Hall–Kier alpha value is -0.696. The van der Waals surface area contributed by atoms with Gasteiger partial charge >= 0.3 is 29.3 Å². The molecule has 0 saturated heterocycles. The average Bonchev–Trinajstić information content (AvgIpc) is 2.52. The normalized spacial score (nSPS) is 14.3. The Kier molecular flexibility index (Phi) is 14.2. The summed E-state index contributed by atoms with van der Waals surface area (Å²) in [5.74, 6) is -1.02. The predicted octanol–water partition coefficient (Wildman–Crippen LogP) is 3.84. The number of esters is 2. The highest BCUT2D eigenvalue weighted by atomic mass is 28.5. The van der Waals surface area contributed by atoms with E-state index in [1.807, 2.05) is 58.9 Å². The molecule has 0 spiro atoms. The minimum atomic E-state index is -3.49. The summed E-state index contributed by atoms with van der Waals surface area (Å²) >= 11 is 0. The van der Waals surface area contributed by atoms with Gasteiger partial charge in [0.15, 0.2) is 31.2 Å². The molecule has 0 fully saturated rings. The van der Waals surface area contributed by atoms with Gasteiger partial charge in [0.2, 0.25) is 0 Å². The van der Waals surface area contributed by atoms with Crippen LogP contribution >= 0.6 is 0 Å². The van der Waals surface area contributed by atoms with E-state index in [1.165, 1.54) is 0 Å². The highest BCUT2D eigenvalue weighted by Crippen LogP contribution is 2.19. The lowest BCUT2D eigenvalue weighted by Crippen LogP contribution is -2.58. The molecule has 200 valence electrons. The van der Waals surface area contributed by atoms with Gasteiger partial charge in [-0.1, -0.05) is 13.2 Å². The summed E-state index contributed by atoms with van der Waals surface area (Å²) in [6.45, 7) is 29.4. The van der Waals surface area contributed by atoms with Crippen LogP contribution in [0.3, 0.4) is 0 Å². The van der Waals surface area contributed by atoms with E-state index in [9.17, 15) is 19.2 Å². The van der Waals surface area contributed by atoms with Crippen molar-refractivity contribution in [3.8, 4) is 0 Å². The number of ether oxygens (including phenoxy) is 2. The molecule has 34 heavy (non-hydrogen) atoms. The molecule has 0 radical (unpaired) electrons. The number of hydrogen-bond acceptors (Lipinski definition) is 9. The summed E-state index contributed by atoms with van der Waals surface area (Å²) in [6.07, 6.45) is -0.254. The molecule has 0 saturated carbocycles. The van der Waals surface area contributed by atoms with Gasteiger partial charge in [0.05, 0.1) is 0 Å². The topological polar surface area (TPSA) is 121 Å². The van der Waals surface area contributed by atoms with Gasteiger partial charge in [-0.05, 0) is 79.3 Å². The van der Waals surface area contributed by atoms with Crippen LogP contribution in [0.1, 0.15) is 13.8 Å². The van der Waals surface area contributed by atoms with Crippen LogP contribution in [0.25, 0.3) is 0 Å². The van der Waals surface area contributed by atoms with Crippen molar-refractivity contribution in [3.63, 3.8) is 0 Å². The number of carbonyl (C=O) groups excluding carboxylic acids is 2. The first-order valence-electron chi connectivity index (χ1n) is 11.0. The van der Waals surface area contributed by atoms with Crippen molar-refractivity contribution in [2.75, 3.05) is 12.5 Å². The molecule has 0 aliphatic carbocycles. The molecule has 1 atom stereocenters. The van der Waals surface area contributed by atoms with Crippen LogP contribution in [0.15, 0.2) is 24.3 Å². The van der Waals surface area contributed by atoms with Crippen LogP contribution < -0.4 is 0 Å². The first-order chi connectivity index (χ1) is 14.8. The molecular weight excluding hydrogens is 525 g/mol. The van der Waals surface area contributed by atoms with Crippen molar-refractivity contribution in [2.45, 2.75) is 79.3 Å².